The van der Waals surface area contributed by atoms with E-state index in [1.54, 1.807) is 0 Å². The van der Waals surface area contributed by atoms with Crippen LogP contribution in [0.5, 0.6) is 0 Å². The molecule has 0 amide bonds. The van der Waals surface area contributed by atoms with Crippen molar-refractivity contribution in [2.75, 3.05) is 0 Å². The molecule has 0 aromatic heterocycles. The summed E-state index contributed by atoms with van der Waals surface area (Å²) in [6, 6.07) is 8.20. The molecule has 0 N–H and O–H groups in total. The van der Waals surface area contributed by atoms with Gasteiger partial charge in [0.1, 0.15) is 0 Å². The van der Waals surface area contributed by atoms with E-state index >= 15 is 0 Å². The van der Waals surface area contributed by atoms with Crippen molar-refractivity contribution >= 4 is 5.71 Å². The first-order valence-electron chi connectivity index (χ1n) is 5.68. The van der Waals surface area contributed by atoms with Gasteiger partial charge >= 0.3 is 0 Å². The van der Waals surface area contributed by atoms with Crippen LogP contribution in [-0.2, 0) is 0 Å². The molecular formula is C16H19N. The summed E-state index contributed by atoms with van der Waals surface area (Å²) in [6.45, 7) is 13.7. The lowest BCUT2D eigenvalue weighted by molar-refractivity contribution is 1.30. The van der Waals surface area contributed by atoms with Gasteiger partial charge in [0.15, 0.2) is 0 Å². The minimum atomic E-state index is 0.723. The Balaban J connectivity index is 3.24. The van der Waals surface area contributed by atoms with Crippen LogP contribution in [0.3, 0.4) is 0 Å². The summed E-state index contributed by atoms with van der Waals surface area (Å²) in [4.78, 5) is 4.53. The van der Waals surface area contributed by atoms with E-state index in [-0.39, 0.29) is 0 Å². The monoisotopic (exact) mass is 225 g/mol. The van der Waals surface area contributed by atoms with Crippen molar-refractivity contribution in [3.8, 4) is 0 Å². The van der Waals surface area contributed by atoms with Crippen molar-refractivity contribution in [1.29, 1.82) is 0 Å². The Labute approximate surface area is 104 Å². The maximum absolute atomic E-state index is 4.53. The third kappa shape index (κ3) is 3.56. The molecule has 1 aromatic rings. The van der Waals surface area contributed by atoms with Crippen LogP contribution < -0.4 is 0 Å². The van der Waals surface area contributed by atoms with Gasteiger partial charge < -0.3 is 0 Å². The van der Waals surface area contributed by atoms with E-state index < -0.39 is 0 Å². The normalized spacial score (nSPS) is 11.8. The molecule has 0 saturated carbocycles. The Hall–Kier alpha value is -1.89. The van der Waals surface area contributed by atoms with E-state index in [0.29, 0.717) is 0 Å². The van der Waals surface area contributed by atoms with Crippen LogP contribution in [0.25, 0.3) is 0 Å². The van der Waals surface area contributed by atoms with Crippen LogP contribution in [0, 0.1) is 6.92 Å². The molecule has 0 spiro atoms. The molecule has 0 radical (unpaired) electrons. The van der Waals surface area contributed by atoms with Gasteiger partial charge in [0.25, 0.3) is 0 Å². The maximum atomic E-state index is 4.53. The quantitative estimate of drug-likeness (QED) is 0.530. The Morgan fingerprint density at radius 3 is 2.41 bits per heavy atom. The molecule has 1 heteroatoms. The van der Waals surface area contributed by atoms with Gasteiger partial charge in [0, 0.05) is 5.56 Å². The molecule has 0 saturated heterocycles. The molecule has 0 atom stereocenters. The van der Waals surface area contributed by atoms with Crippen LogP contribution in [-0.4, -0.2) is 5.71 Å². The number of aliphatic imine (C=N–C) groups is 1. The van der Waals surface area contributed by atoms with Gasteiger partial charge in [-0.1, -0.05) is 43.5 Å². The zero-order chi connectivity index (χ0) is 12.8. The van der Waals surface area contributed by atoms with E-state index in [4.69, 9.17) is 0 Å². The number of benzene rings is 1. The highest BCUT2D eigenvalue weighted by Gasteiger charge is 2.03. The number of hydrogen-bond donors (Lipinski definition) is 0. The van der Waals surface area contributed by atoms with Crippen molar-refractivity contribution in [2.45, 2.75) is 20.8 Å². The van der Waals surface area contributed by atoms with Crippen molar-refractivity contribution < 1.29 is 0 Å². The molecule has 0 heterocycles. The summed E-state index contributed by atoms with van der Waals surface area (Å²) >= 11 is 0. The van der Waals surface area contributed by atoms with Gasteiger partial charge in [-0.3, -0.25) is 0 Å². The van der Waals surface area contributed by atoms with Gasteiger partial charge in [-0.15, -0.1) is 0 Å². The van der Waals surface area contributed by atoms with Crippen molar-refractivity contribution in [2.24, 2.45) is 4.99 Å². The smallest absolute Gasteiger partial charge is 0.0708 e. The van der Waals surface area contributed by atoms with Crippen molar-refractivity contribution in [1.82, 2.24) is 0 Å². The van der Waals surface area contributed by atoms with Gasteiger partial charge in [-0.2, -0.15) is 0 Å². The van der Waals surface area contributed by atoms with E-state index in [1.807, 2.05) is 38.1 Å². The second-order valence-corrected chi connectivity index (χ2v) is 4.04. The number of rotatable bonds is 4. The summed E-state index contributed by atoms with van der Waals surface area (Å²) < 4.78 is 0. The summed E-state index contributed by atoms with van der Waals surface area (Å²) in [6.07, 6.45) is 3.98. The number of hydrogen-bond acceptors (Lipinski definition) is 1. The minimum Gasteiger partial charge on any atom is -0.249 e. The minimum absolute atomic E-state index is 0.723. The standard InChI is InChI=1S/C16H19N/c1-6-9-16(17-14(5)12(2)3)15-11-8-7-10-13(15)4/h6-11H,2,5H2,1,3-4H3/b9-6-,17-16?. The first-order valence-corrected chi connectivity index (χ1v) is 5.68. The van der Waals surface area contributed by atoms with Crippen LogP contribution >= 0.6 is 0 Å². The molecule has 88 valence electrons. The summed E-state index contributed by atoms with van der Waals surface area (Å²) in [7, 11) is 0. The van der Waals surface area contributed by atoms with Crippen molar-refractivity contribution in [3.05, 3.63) is 72.0 Å². The highest BCUT2D eigenvalue weighted by atomic mass is 14.8. The van der Waals surface area contributed by atoms with Gasteiger partial charge in [-0.25, -0.2) is 4.99 Å². The van der Waals surface area contributed by atoms with Crippen LogP contribution in [0.1, 0.15) is 25.0 Å². The summed E-state index contributed by atoms with van der Waals surface area (Å²) in [5, 5.41) is 0. The maximum Gasteiger partial charge on any atom is 0.0708 e. The lowest BCUT2D eigenvalue weighted by Gasteiger charge is -2.07. The molecule has 1 rings (SSSR count). The topological polar surface area (TPSA) is 12.4 Å². The van der Waals surface area contributed by atoms with Crippen LogP contribution in [0.4, 0.5) is 0 Å². The molecule has 0 aliphatic heterocycles. The lowest BCUT2D eigenvalue weighted by atomic mass is 10.0. The van der Waals surface area contributed by atoms with Gasteiger partial charge in [0.2, 0.25) is 0 Å². The molecule has 0 bridgehead atoms. The van der Waals surface area contributed by atoms with E-state index in [1.165, 1.54) is 5.56 Å². The fraction of sp³-hybridized carbons (Fsp3) is 0.188. The fourth-order valence-electron chi connectivity index (χ4n) is 1.45. The van der Waals surface area contributed by atoms with Crippen molar-refractivity contribution in [3.63, 3.8) is 0 Å². The summed E-state index contributed by atoms with van der Waals surface area (Å²) in [5.74, 6) is 0. The fourth-order valence-corrected chi connectivity index (χ4v) is 1.45. The van der Waals surface area contributed by atoms with E-state index in [2.05, 4.69) is 37.2 Å². The Morgan fingerprint density at radius 1 is 1.24 bits per heavy atom. The summed E-state index contributed by atoms with van der Waals surface area (Å²) in [5.41, 5.74) is 4.88. The number of nitrogens with zero attached hydrogens (tertiary/aromatic N) is 1. The molecule has 1 aromatic carbocycles. The van der Waals surface area contributed by atoms with E-state index in [0.717, 1.165) is 22.5 Å². The predicted octanol–water partition coefficient (Wildman–Crippen LogP) is 4.45. The zero-order valence-electron chi connectivity index (χ0n) is 10.8. The first-order chi connectivity index (χ1) is 8.06. The Morgan fingerprint density at radius 2 is 1.88 bits per heavy atom. The molecule has 0 aliphatic rings. The third-order valence-corrected chi connectivity index (χ3v) is 2.49. The molecule has 0 fully saturated rings. The van der Waals surface area contributed by atoms with Gasteiger partial charge in [-0.05, 0) is 38.0 Å². The average Bonchev–Trinajstić information content (AvgIpc) is 2.29. The largest absolute Gasteiger partial charge is 0.249 e. The second-order valence-electron chi connectivity index (χ2n) is 4.04. The first kappa shape index (κ1) is 13.2. The Bertz CT molecular complexity index is 490. The SMILES string of the molecule is C=C(C)C(=C)N=C(/C=C\C)c1ccccc1C. The molecule has 0 unspecified atom stereocenters. The highest BCUT2D eigenvalue weighted by Crippen LogP contribution is 2.13. The predicted molar refractivity (Wildman–Crippen MR) is 76.5 cm³/mol. The zero-order valence-corrected chi connectivity index (χ0v) is 10.8. The average molecular weight is 225 g/mol. The van der Waals surface area contributed by atoms with E-state index in [9.17, 15) is 0 Å². The van der Waals surface area contributed by atoms with Gasteiger partial charge in [0.05, 0.1) is 11.4 Å². The van der Waals surface area contributed by atoms with Crippen LogP contribution in [0.2, 0.25) is 0 Å². The number of aryl methyl sites for hydroxylation is 1. The highest BCUT2D eigenvalue weighted by molar-refractivity contribution is 6.10. The van der Waals surface area contributed by atoms with Crippen LogP contribution in [0.15, 0.2) is 65.8 Å². The lowest BCUT2D eigenvalue weighted by Crippen LogP contribution is -2.00. The molecular weight excluding hydrogens is 206 g/mol. The molecule has 1 nitrogen and oxygen atoms in total. The second kappa shape index (κ2) is 6.00. The third-order valence-electron chi connectivity index (χ3n) is 2.49. The number of allylic oxidation sites excluding steroid dienone is 3. The Kier molecular flexibility index (Phi) is 4.65. The molecule has 0 aliphatic carbocycles. The molecule has 17 heavy (non-hydrogen) atoms.